The van der Waals surface area contributed by atoms with E-state index in [4.69, 9.17) is 16.3 Å². The Balaban J connectivity index is 2.61. The van der Waals surface area contributed by atoms with E-state index in [0.29, 0.717) is 5.88 Å². The molecule has 0 heterocycles. The van der Waals surface area contributed by atoms with Gasteiger partial charge in [-0.15, -0.1) is 11.6 Å². The maximum Gasteiger partial charge on any atom is 0.312 e. The molecular weight excluding hydrogens is 236 g/mol. The molecule has 17 heavy (non-hydrogen) atoms. The summed E-state index contributed by atoms with van der Waals surface area (Å²) in [6.45, 7) is 10.1. The zero-order valence-corrected chi connectivity index (χ0v) is 12.5. The number of carbonyl (C=O) groups excluding carboxylic acids is 1. The summed E-state index contributed by atoms with van der Waals surface area (Å²) in [5.41, 5.74) is -0.485. The van der Waals surface area contributed by atoms with Gasteiger partial charge in [0.15, 0.2) is 0 Å². The van der Waals surface area contributed by atoms with Gasteiger partial charge in [0.05, 0.1) is 5.41 Å². The number of carbonyl (C=O) groups is 1. The fourth-order valence-corrected chi connectivity index (χ4v) is 2.76. The standard InChI is InChI=1S/C14H25ClO2/c1-12(2,3)17-11(16)14(6-7-14)10-13(4,5)8-9-15/h6-10H2,1-5H3. The number of alkyl halides is 1. The van der Waals surface area contributed by atoms with E-state index in [1.807, 2.05) is 20.8 Å². The van der Waals surface area contributed by atoms with Crippen LogP contribution in [0.15, 0.2) is 0 Å². The van der Waals surface area contributed by atoms with Crippen LogP contribution in [0, 0.1) is 10.8 Å². The maximum atomic E-state index is 12.2. The van der Waals surface area contributed by atoms with E-state index in [2.05, 4.69) is 13.8 Å². The SMILES string of the molecule is CC(C)(CCCl)CC1(C(=O)OC(C)(C)C)CC1. The summed E-state index contributed by atoms with van der Waals surface area (Å²) >= 11 is 5.81. The molecule has 0 N–H and O–H groups in total. The van der Waals surface area contributed by atoms with E-state index < -0.39 is 0 Å². The summed E-state index contributed by atoms with van der Waals surface area (Å²) in [6, 6.07) is 0. The van der Waals surface area contributed by atoms with E-state index in [1.54, 1.807) is 0 Å². The third-order valence-electron chi connectivity index (χ3n) is 3.27. The summed E-state index contributed by atoms with van der Waals surface area (Å²) in [5, 5.41) is 0. The van der Waals surface area contributed by atoms with Gasteiger partial charge in [-0.1, -0.05) is 13.8 Å². The summed E-state index contributed by atoms with van der Waals surface area (Å²) < 4.78 is 5.52. The van der Waals surface area contributed by atoms with Gasteiger partial charge in [0, 0.05) is 5.88 Å². The second-order valence-electron chi connectivity index (χ2n) is 7.06. The van der Waals surface area contributed by atoms with Crippen molar-refractivity contribution >= 4 is 17.6 Å². The first kappa shape index (κ1) is 14.8. The zero-order valence-electron chi connectivity index (χ0n) is 11.7. The summed E-state index contributed by atoms with van der Waals surface area (Å²) in [5.74, 6) is 0.630. The van der Waals surface area contributed by atoms with Crippen molar-refractivity contribution in [3.8, 4) is 0 Å². The minimum atomic E-state index is -0.386. The topological polar surface area (TPSA) is 26.3 Å². The Morgan fingerprint density at radius 2 is 1.76 bits per heavy atom. The Labute approximate surface area is 110 Å². The quantitative estimate of drug-likeness (QED) is 0.548. The largest absolute Gasteiger partial charge is 0.460 e. The average Bonchev–Trinajstić information content (AvgIpc) is 2.81. The number of hydrogen-bond acceptors (Lipinski definition) is 2. The maximum absolute atomic E-state index is 12.2. The van der Waals surface area contributed by atoms with Crippen LogP contribution in [-0.2, 0) is 9.53 Å². The van der Waals surface area contributed by atoms with E-state index in [9.17, 15) is 4.79 Å². The molecule has 0 aromatic rings. The molecule has 1 aliphatic carbocycles. The van der Waals surface area contributed by atoms with Crippen LogP contribution in [0.2, 0.25) is 0 Å². The Hall–Kier alpha value is -0.240. The van der Waals surface area contributed by atoms with E-state index in [0.717, 1.165) is 25.7 Å². The normalized spacial score (nSPS) is 18.9. The van der Waals surface area contributed by atoms with Crippen molar-refractivity contribution in [3.63, 3.8) is 0 Å². The first-order chi connectivity index (χ1) is 7.60. The summed E-state index contributed by atoms with van der Waals surface area (Å²) in [6.07, 6.45) is 3.77. The van der Waals surface area contributed by atoms with Gasteiger partial charge in [0.1, 0.15) is 5.60 Å². The van der Waals surface area contributed by atoms with Gasteiger partial charge >= 0.3 is 5.97 Å². The van der Waals surface area contributed by atoms with Crippen molar-refractivity contribution in [1.82, 2.24) is 0 Å². The number of ether oxygens (including phenoxy) is 1. The zero-order chi connectivity index (χ0) is 13.3. The number of esters is 1. The number of rotatable bonds is 5. The van der Waals surface area contributed by atoms with Crippen molar-refractivity contribution in [2.75, 3.05) is 5.88 Å². The van der Waals surface area contributed by atoms with E-state index in [-0.39, 0.29) is 22.4 Å². The second kappa shape index (κ2) is 4.79. The van der Waals surface area contributed by atoms with Crippen LogP contribution in [0.4, 0.5) is 0 Å². The Morgan fingerprint density at radius 1 is 1.24 bits per heavy atom. The van der Waals surface area contributed by atoms with Crippen molar-refractivity contribution in [2.24, 2.45) is 10.8 Å². The lowest BCUT2D eigenvalue weighted by Gasteiger charge is -2.30. The minimum absolute atomic E-state index is 0.0207. The molecule has 1 fully saturated rings. The monoisotopic (exact) mass is 260 g/mol. The highest BCUT2D eigenvalue weighted by Crippen LogP contribution is 2.55. The molecule has 0 atom stereocenters. The molecule has 3 heteroatoms. The van der Waals surface area contributed by atoms with Gasteiger partial charge in [-0.05, 0) is 51.9 Å². The van der Waals surface area contributed by atoms with Gasteiger partial charge in [-0.2, -0.15) is 0 Å². The Morgan fingerprint density at radius 3 is 2.12 bits per heavy atom. The van der Waals surface area contributed by atoms with Crippen LogP contribution < -0.4 is 0 Å². The molecule has 0 radical (unpaired) electrons. The smallest absolute Gasteiger partial charge is 0.312 e. The van der Waals surface area contributed by atoms with Crippen LogP contribution in [0.1, 0.15) is 60.3 Å². The molecule has 1 aliphatic rings. The predicted octanol–water partition coefficient (Wildman–Crippen LogP) is 4.15. The predicted molar refractivity (Wildman–Crippen MR) is 71.2 cm³/mol. The highest BCUT2D eigenvalue weighted by molar-refractivity contribution is 6.17. The molecule has 0 aromatic carbocycles. The van der Waals surface area contributed by atoms with Crippen molar-refractivity contribution in [2.45, 2.75) is 65.9 Å². The first-order valence-electron chi connectivity index (χ1n) is 6.40. The molecule has 0 saturated heterocycles. The molecule has 0 unspecified atom stereocenters. The van der Waals surface area contributed by atoms with Gasteiger partial charge < -0.3 is 4.74 Å². The van der Waals surface area contributed by atoms with Crippen molar-refractivity contribution < 1.29 is 9.53 Å². The van der Waals surface area contributed by atoms with Crippen LogP contribution in [0.3, 0.4) is 0 Å². The fourth-order valence-electron chi connectivity index (χ4n) is 2.25. The lowest BCUT2D eigenvalue weighted by molar-refractivity contribution is -0.163. The van der Waals surface area contributed by atoms with Gasteiger partial charge in [-0.25, -0.2) is 0 Å². The highest BCUT2D eigenvalue weighted by Gasteiger charge is 2.54. The van der Waals surface area contributed by atoms with E-state index in [1.165, 1.54) is 0 Å². The lowest BCUT2D eigenvalue weighted by Crippen LogP contribution is -2.32. The van der Waals surface area contributed by atoms with Gasteiger partial charge in [-0.3, -0.25) is 4.79 Å². The lowest BCUT2D eigenvalue weighted by atomic mass is 9.79. The van der Waals surface area contributed by atoms with Crippen LogP contribution in [0.5, 0.6) is 0 Å². The van der Waals surface area contributed by atoms with Crippen LogP contribution in [0.25, 0.3) is 0 Å². The van der Waals surface area contributed by atoms with Gasteiger partial charge in [0.25, 0.3) is 0 Å². The third kappa shape index (κ3) is 4.50. The molecule has 0 aliphatic heterocycles. The Kier molecular flexibility index (Phi) is 4.18. The fraction of sp³-hybridized carbons (Fsp3) is 0.929. The highest BCUT2D eigenvalue weighted by atomic mass is 35.5. The minimum Gasteiger partial charge on any atom is -0.460 e. The van der Waals surface area contributed by atoms with Crippen LogP contribution >= 0.6 is 11.6 Å². The Bertz CT molecular complexity index is 285. The molecular formula is C14H25ClO2. The summed E-state index contributed by atoms with van der Waals surface area (Å²) in [4.78, 5) is 12.2. The molecule has 0 spiro atoms. The van der Waals surface area contributed by atoms with Crippen LogP contribution in [-0.4, -0.2) is 17.5 Å². The molecule has 1 saturated carbocycles. The number of hydrogen-bond donors (Lipinski definition) is 0. The molecule has 0 aromatic heterocycles. The van der Waals surface area contributed by atoms with Crippen molar-refractivity contribution in [3.05, 3.63) is 0 Å². The second-order valence-corrected chi connectivity index (χ2v) is 7.44. The third-order valence-corrected chi connectivity index (χ3v) is 3.46. The van der Waals surface area contributed by atoms with Crippen molar-refractivity contribution in [1.29, 1.82) is 0 Å². The average molecular weight is 261 g/mol. The van der Waals surface area contributed by atoms with E-state index >= 15 is 0 Å². The molecule has 0 amide bonds. The summed E-state index contributed by atoms with van der Waals surface area (Å²) in [7, 11) is 0. The first-order valence-corrected chi connectivity index (χ1v) is 6.93. The van der Waals surface area contributed by atoms with Gasteiger partial charge in [0.2, 0.25) is 0 Å². The molecule has 2 nitrogen and oxygen atoms in total. The molecule has 100 valence electrons. The number of halogens is 1. The molecule has 0 bridgehead atoms. The molecule has 1 rings (SSSR count).